The zero-order valence-corrected chi connectivity index (χ0v) is 12.0. The number of hydrogen-bond acceptors (Lipinski definition) is 2. The van der Waals surface area contributed by atoms with Gasteiger partial charge < -0.3 is 10.0 Å². The summed E-state index contributed by atoms with van der Waals surface area (Å²) >= 11 is 6.21. The maximum Gasteiger partial charge on any atom is 0.337 e. The molecule has 2 aromatic rings. The van der Waals surface area contributed by atoms with Crippen LogP contribution in [0.3, 0.4) is 0 Å². The maximum atomic E-state index is 11.4. The number of halogens is 1. The number of rotatable bonds is 5. The van der Waals surface area contributed by atoms with Gasteiger partial charge in [-0.1, -0.05) is 48.0 Å². The van der Waals surface area contributed by atoms with E-state index in [1.807, 2.05) is 42.2 Å². The molecule has 1 N–H and O–H groups in total. The lowest BCUT2D eigenvalue weighted by Crippen LogP contribution is -2.24. The first kappa shape index (κ1) is 14.4. The van der Waals surface area contributed by atoms with Gasteiger partial charge in [0.2, 0.25) is 0 Å². The summed E-state index contributed by atoms with van der Waals surface area (Å²) in [6.07, 6.45) is 0. The number of para-hydroxylation sites is 1. The Morgan fingerprint density at radius 2 is 1.85 bits per heavy atom. The first-order chi connectivity index (χ1) is 9.63. The molecule has 0 bridgehead atoms. The lowest BCUT2D eigenvalue weighted by molar-refractivity contribution is 0.0697. The van der Waals surface area contributed by atoms with E-state index in [0.29, 0.717) is 23.8 Å². The molecule has 0 heterocycles. The molecule has 2 rings (SSSR count). The van der Waals surface area contributed by atoms with Crippen molar-refractivity contribution in [1.29, 1.82) is 0 Å². The molecule has 3 nitrogen and oxygen atoms in total. The second-order valence-corrected chi connectivity index (χ2v) is 4.85. The normalized spacial score (nSPS) is 10.3. The number of hydrogen-bond donors (Lipinski definition) is 1. The molecule has 0 amide bonds. The van der Waals surface area contributed by atoms with E-state index in [-0.39, 0.29) is 5.56 Å². The molecule has 0 aromatic heterocycles. The average molecular weight is 290 g/mol. The summed E-state index contributed by atoms with van der Waals surface area (Å²) in [6.45, 7) is 3.29. The highest BCUT2D eigenvalue weighted by Crippen LogP contribution is 2.31. The Morgan fingerprint density at radius 1 is 1.15 bits per heavy atom. The predicted octanol–water partition coefficient (Wildman–Crippen LogP) is 4.06. The van der Waals surface area contributed by atoms with Crippen molar-refractivity contribution in [2.24, 2.45) is 0 Å². The molecule has 0 aliphatic carbocycles. The van der Waals surface area contributed by atoms with Gasteiger partial charge in [0.05, 0.1) is 16.3 Å². The van der Waals surface area contributed by atoms with Gasteiger partial charge in [0.1, 0.15) is 0 Å². The molecule has 0 radical (unpaired) electrons. The van der Waals surface area contributed by atoms with E-state index in [1.54, 1.807) is 18.2 Å². The van der Waals surface area contributed by atoms with Gasteiger partial charge in [0, 0.05) is 13.1 Å². The lowest BCUT2D eigenvalue weighted by atomic mass is 10.1. The quantitative estimate of drug-likeness (QED) is 0.902. The molecule has 0 spiro atoms. The van der Waals surface area contributed by atoms with E-state index in [0.717, 1.165) is 5.56 Å². The van der Waals surface area contributed by atoms with Crippen LogP contribution in [-0.2, 0) is 6.54 Å². The topological polar surface area (TPSA) is 40.5 Å². The average Bonchev–Trinajstić information content (AvgIpc) is 2.46. The largest absolute Gasteiger partial charge is 0.478 e. The zero-order valence-electron chi connectivity index (χ0n) is 11.2. The van der Waals surface area contributed by atoms with Crippen molar-refractivity contribution in [2.75, 3.05) is 11.4 Å². The van der Waals surface area contributed by atoms with E-state index in [4.69, 9.17) is 11.6 Å². The van der Waals surface area contributed by atoms with Crippen LogP contribution in [0.4, 0.5) is 5.69 Å². The van der Waals surface area contributed by atoms with Gasteiger partial charge in [0.15, 0.2) is 0 Å². The Balaban J connectivity index is 2.39. The third-order valence-corrected chi connectivity index (χ3v) is 3.44. The van der Waals surface area contributed by atoms with Crippen LogP contribution in [0.15, 0.2) is 48.5 Å². The summed E-state index contributed by atoms with van der Waals surface area (Å²) in [4.78, 5) is 13.3. The minimum atomic E-state index is -0.964. The van der Waals surface area contributed by atoms with Crippen LogP contribution in [-0.4, -0.2) is 17.6 Å². The van der Waals surface area contributed by atoms with Gasteiger partial charge in [-0.05, 0) is 24.6 Å². The second-order valence-electron chi connectivity index (χ2n) is 4.44. The van der Waals surface area contributed by atoms with Gasteiger partial charge in [-0.25, -0.2) is 4.79 Å². The molecule has 0 atom stereocenters. The smallest absolute Gasteiger partial charge is 0.337 e. The van der Waals surface area contributed by atoms with Gasteiger partial charge in [0.25, 0.3) is 0 Å². The summed E-state index contributed by atoms with van der Waals surface area (Å²) in [6, 6.07) is 14.9. The maximum absolute atomic E-state index is 11.4. The number of benzene rings is 2. The first-order valence-electron chi connectivity index (χ1n) is 6.44. The van der Waals surface area contributed by atoms with Crippen LogP contribution in [0.2, 0.25) is 5.02 Å². The number of anilines is 1. The second kappa shape index (κ2) is 6.44. The molecule has 0 saturated heterocycles. The van der Waals surface area contributed by atoms with Crippen molar-refractivity contribution in [1.82, 2.24) is 0 Å². The van der Waals surface area contributed by atoms with Crippen LogP contribution >= 0.6 is 11.6 Å². The fraction of sp³-hybridized carbons (Fsp3) is 0.188. The predicted molar refractivity (Wildman–Crippen MR) is 81.6 cm³/mol. The molecule has 0 aliphatic rings. The zero-order chi connectivity index (χ0) is 14.5. The van der Waals surface area contributed by atoms with E-state index >= 15 is 0 Å². The van der Waals surface area contributed by atoms with E-state index in [2.05, 4.69) is 0 Å². The van der Waals surface area contributed by atoms with Crippen molar-refractivity contribution in [2.45, 2.75) is 13.5 Å². The molecular formula is C16H16ClNO2. The van der Waals surface area contributed by atoms with Crippen LogP contribution in [0.1, 0.15) is 22.8 Å². The van der Waals surface area contributed by atoms with Crippen molar-refractivity contribution < 1.29 is 9.90 Å². The highest BCUT2D eigenvalue weighted by atomic mass is 35.5. The number of nitrogens with zero attached hydrogens (tertiary/aromatic N) is 1. The van der Waals surface area contributed by atoms with Gasteiger partial charge in [-0.2, -0.15) is 0 Å². The molecule has 0 unspecified atom stereocenters. The Bertz CT molecular complexity index is 599. The summed E-state index contributed by atoms with van der Waals surface area (Å²) in [5, 5.41) is 9.78. The number of carboxylic acid groups (broad SMARTS) is 1. The Hall–Kier alpha value is -2.00. The number of aromatic carboxylic acids is 1. The number of carboxylic acids is 1. The molecule has 104 valence electrons. The van der Waals surface area contributed by atoms with E-state index < -0.39 is 5.97 Å². The Kier molecular flexibility index (Phi) is 4.64. The SMILES string of the molecule is CCN(Cc1ccccc1)c1c(Cl)cccc1C(=O)O. The first-order valence-corrected chi connectivity index (χ1v) is 6.82. The summed E-state index contributed by atoms with van der Waals surface area (Å²) < 4.78 is 0. The van der Waals surface area contributed by atoms with Crippen molar-refractivity contribution >= 4 is 23.3 Å². The van der Waals surface area contributed by atoms with Crippen molar-refractivity contribution in [3.05, 3.63) is 64.7 Å². The van der Waals surface area contributed by atoms with Crippen LogP contribution in [0, 0.1) is 0 Å². The van der Waals surface area contributed by atoms with Gasteiger partial charge >= 0.3 is 5.97 Å². The molecular weight excluding hydrogens is 274 g/mol. The molecule has 2 aromatic carbocycles. The molecule has 0 fully saturated rings. The minimum absolute atomic E-state index is 0.232. The highest BCUT2D eigenvalue weighted by molar-refractivity contribution is 6.34. The molecule has 0 saturated carbocycles. The number of carbonyl (C=O) groups is 1. The summed E-state index contributed by atoms with van der Waals surface area (Å²) in [5.74, 6) is -0.964. The molecule has 0 aliphatic heterocycles. The monoisotopic (exact) mass is 289 g/mol. The molecule has 4 heteroatoms. The molecule has 20 heavy (non-hydrogen) atoms. The minimum Gasteiger partial charge on any atom is -0.478 e. The van der Waals surface area contributed by atoms with Gasteiger partial charge in [-0.3, -0.25) is 0 Å². The van der Waals surface area contributed by atoms with Crippen LogP contribution in [0.5, 0.6) is 0 Å². The summed E-state index contributed by atoms with van der Waals surface area (Å²) in [7, 11) is 0. The van der Waals surface area contributed by atoms with E-state index in [9.17, 15) is 9.90 Å². The Labute approximate surface area is 123 Å². The van der Waals surface area contributed by atoms with E-state index in [1.165, 1.54) is 0 Å². The van der Waals surface area contributed by atoms with Gasteiger partial charge in [-0.15, -0.1) is 0 Å². The lowest BCUT2D eigenvalue weighted by Gasteiger charge is -2.26. The fourth-order valence-corrected chi connectivity index (χ4v) is 2.46. The van der Waals surface area contributed by atoms with Crippen LogP contribution in [0.25, 0.3) is 0 Å². The van der Waals surface area contributed by atoms with Crippen molar-refractivity contribution in [3.8, 4) is 0 Å². The third-order valence-electron chi connectivity index (χ3n) is 3.13. The Morgan fingerprint density at radius 3 is 2.45 bits per heavy atom. The fourth-order valence-electron chi connectivity index (χ4n) is 2.16. The standard InChI is InChI=1S/C16H16ClNO2/c1-2-18(11-12-7-4-3-5-8-12)15-13(16(19)20)9-6-10-14(15)17/h3-10H,2,11H2,1H3,(H,19,20). The van der Waals surface area contributed by atoms with Crippen LogP contribution < -0.4 is 4.90 Å². The highest BCUT2D eigenvalue weighted by Gasteiger charge is 2.18. The third kappa shape index (κ3) is 3.11. The van der Waals surface area contributed by atoms with Crippen molar-refractivity contribution in [3.63, 3.8) is 0 Å². The summed E-state index contributed by atoms with van der Waals surface area (Å²) in [5.41, 5.74) is 1.92.